The summed E-state index contributed by atoms with van der Waals surface area (Å²) in [6, 6.07) is 17.3. The molecule has 0 saturated carbocycles. The van der Waals surface area contributed by atoms with Crippen LogP contribution < -0.4 is 10.1 Å². The number of thioether (sulfide) groups is 1. The fourth-order valence-electron chi connectivity index (χ4n) is 2.30. The molecule has 26 heavy (non-hydrogen) atoms. The zero-order chi connectivity index (χ0) is 18.4. The lowest BCUT2D eigenvalue weighted by Crippen LogP contribution is -2.13. The average Bonchev–Trinajstić information content (AvgIpc) is 3.14. The van der Waals surface area contributed by atoms with Crippen molar-refractivity contribution in [2.45, 2.75) is 23.1 Å². The zero-order valence-electron chi connectivity index (χ0n) is 14.5. The standard InChI is InChI=1S/C19H19N3O2S2/c1-13(17(23)15-8-10-16(24-2)11-9-15)25-19-22-21-18(26-19)20-12-14-6-4-3-5-7-14/h3-11,13H,12H2,1-2H3,(H,20,21). The van der Waals surface area contributed by atoms with E-state index in [9.17, 15) is 4.79 Å². The van der Waals surface area contributed by atoms with Crippen LogP contribution in [0.4, 0.5) is 5.13 Å². The minimum Gasteiger partial charge on any atom is -0.497 e. The molecular weight excluding hydrogens is 366 g/mol. The van der Waals surface area contributed by atoms with Gasteiger partial charge in [-0.2, -0.15) is 0 Å². The summed E-state index contributed by atoms with van der Waals surface area (Å²) in [5.74, 6) is 0.798. The molecule has 0 amide bonds. The van der Waals surface area contributed by atoms with Crippen LogP contribution in [0.2, 0.25) is 0 Å². The van der Waals surface area contributed by atoms with E-state index in [-0.39, 0.29) is 11.0 Å². The maximum absolute atomic E-state index is 12.5. The Balaban J connectivity index is 1.56. The number of aromatic nitrogens is 2. The van der Waals surface area contributed by atoms with Crippen molar-refractivity contribution < 1.29 is 9.53 Å². The highest BCUT2D eigenvalue weighted by molar-refractivity contribution is 8.02. The van der Waals surface area contributed by atoms with E-state index in [1.165, 1.54) is 28.7 Å². The summed E-state index contributed by atoms with van der Waals surface area (Å²) in [4.78, 5) is 12.5. The smallest absolute Gasteiger partial charge is 0.206 e. The van der Waals surface area contributed by atoms with Gasteiger partial charge in [0.25, 0.3) is 0 Å². The second kappa shape index (κ2) is 8.82. The summed E-state index contributed by atoms with van der Waals surface area (Å²) in [6.45, 7) is 2.58. The molecule has 2 aromatic carbocycles. The number of carbonyl (C=O) groups excluding carboxylic acids is 1. The van der Waals surface area contributed by atoms with E-state index in [2.05, 4.69) is 27.6 Å². The fourth-order valence-corrected chi connectivity index (χ4v) is 4.27. The highest BCUT2D eigenvalue weighted by Crippen LogP contribution is 2.30. The Hall–Kier alpha value is -2.38. The molecule has 0 bridgehead atoms. The van der Waals surface area contributed by atoms with E-state index in [0.29, 0.717) is 12.1 Å². The van der Waals surface area contributed by atoms with E-state index in [1.54, 1.807) is 31.4 Å². The van der Waals surface area contributed by atoms with Gasteiger partial charge in [0.2, 0.25) is 5.13 Å². The maximum atomic E-state index is 12.5. The summed E-state index contributed by atoms with van der Waals surface area (Å²) >= 11 is 2.88. The first-order chi connectivity index (χ1) is 12.7. The van der Waals surface area contributed by atoms with Crippen molar-refractivity contribution in [3.63, 3.8) is 0 Å². The predicted octanol–water partition coefficient (Wildman–Crippen LogP) is 4.52. The van der Waals surface area contributed by atoms with Crippen molar-refractivity contribution in [3.8, 4) is 5.75 Å². The van der Waals surface area contributed by atoms with Gasteiger partial charge in [0.15, 0.2) is 10.1 Å². The van der Waals surface area contributed by atoms with Gasteiger partial charge in [0.1, 0.15) is 5.75 Å². The molecule has 7 heteroatoms. The number of Topliss-reactive ketones (excluding diaryl/α,β-unsaturated/α-hetero) is 1. The molecule has 0 fully saturated rings. The second-order valence-electron chi connectivity index (χ2n) is 5.57. The van der Waals surface area contributed by atoms with E-state index < -0.39 is 0 Å². The van der Waals surface area contributed by atoms with Gasteiger partial charge in [-0.15, -0.1) is 10.2 Å². The number of carbonyl (C=O) groups is 1. The van der Waals surface area contributed by atoms with Crippen molar-refractivity contribution in [3.05, 3.63) is 65.7 Å². The van der Waals surface area contributed by atoms with E-state index in [0.717, 1.165) is 15.2 Å². The van der Waals surface area contributed by atoms with Crippen molar-refractivity contribution in [2.24, 2.45) is 0 Å². The second-order valence-corrected chi connectivity index (χ2v) is 8.13. The topological polar surface area (TPSA) is 64.1 Å². The molecule has 1 heterocycles. The summed E-state index contributed by atoms with van der Waals surface area (Å²) in [5, 5.41) is 12.1. The summed E-state index contributed by atoms with van der Waals surface area (Å²) < 4.78 is 5.90. The Kier molecular flexibility index (Phi) is 6.25. The molecule has 1 atom stereocenters. The largest absolute Gasteiger partial charge is 0.497 e. The highest BCUT2D eigenvalue weighted by Gasteiger charge is 2.19. The molecule has 0 aliphatic rings. The van der Waals surface area contributed by atoms with E-state index >= 15 is 0 Å². The quantitative estimate of drug-likeness (QED) is 0.454. The molecule has 0 spiro atoms. The number of benzene rings is 2. The van der Waals surface area contributed by atoms with Crippen LogP contribution in [-0.4, -0.2) is 28.3 Å². The fraction of sp³-hybridized carbons (Fsp3) is 0.211. The Bertz CT molecular complexity index is 851. The van der Waals surface area contributed by atoms with Crippen LogP contribution in [0.1, 0.15) is 22.8 Å². The van der Waals surface area contributed by atoms with Gasteiger partial charge >= 0.3 is 0 Å². The number of hydrogen-bond donors (Lipinski definition) is 1. The van der Waals surface area contributed by atoms with Crippen LogP contribution in [0.25, 0.3) is 0 Å². The SMILES string of the molecule is COc1ccc(C(=O)C(C)Sc2nnc(NCc3ccccc3)s2)cc1. The first-order valence-corrected chi connectivity index (χ1v) is 9.81. The molecule has 1 aromatic heterocycles. The zero-order valence-corrected chi connectivity index (χ0v) is 16.1. The molecule has 3 aromatic rings. The van der Waals surface area contributed by atoms with Crippen LogP contribution >= 0.6 is 23.1 Å². The van der Waals surface area contributed by atoms with Gasteiger partial charge in [-0.05, 0) is 36.8 Å². The Morgan fingerprint density at radius 1 is 1.15 bits per heavy atom. The number of anilines is 1. The number of methoxy groups -OCH3 is 1. The van der Waals surface area contributed by atoms with Gasteiger partial charge in [-0.1, -0.05) is 53.4 Å². The number of nitrogens with zero attached hydrogens (tertiary/aromatic N) is 2. The molecule has 0 saturated heterocycles. The van der Waals surface area contributed by atoms with Crippen molar-refractivity contribution in [1.82, 2.24) is 10.2 Å². The molecule has 134 valence electrons. The molecule has 0 aliphatic heterocycles. The summed E-state index contributed by atoms with van der Waals surface area (Å²) in [5.41, 5.74) is 1.85. The van der Waals surface area contributed by atoms with E-state index in [4.69, 9.17) is 4.74 Å². The van der Waals surface area contributed by atoms with Crippen molar-refractivity contribution >= 4 is 34.0 Å². The third-order valence-corrected chi connectivity index (χ3v) is 5.78. The number of hydrogen-bond acceptors (Lipinski definition) is 7. The highest BCUT2D eigenvalue weighted by atomic mass is 32.2. The third-order valence-electron chi connectivity index (χ3n) is 3.71. The van der Waals surface area contributed by atoms with Crippen LogP contribution in [0.3, 0.4) is 0 Å². The van der Waals surface area contributed by atoms with Crippen LogP contribution in [0.5, 0.6) is 5.75 Å². The molecule has 1 unspecified atom stereocenters. The Morgan fingerprint density at radius 2 is 1.88 bits per heavy atom. The predicted molar refractivity (Wildman–Crippen MR) is 106 cm³/mol. The summed E-state index contributed by atoms with van der Waals surface area (Å²) in [6.07, 6.45) is 0. The van der Waals surface area contributed by atoms with Crippen LogP contribution in [-0.2, 0) is 6.54 Å². The summed E-state index contributed by atoms with van der Waals surface area (Å²) in [7, 11) is 1.61. The minimum atomic E-state index is -0.238. The number of ketones is 1. The number of rotatable bonds is 8. The molecule has 5 nitrogen and oxygen atoms in total. The maximum Gasteiger partial charge on any atom is 0.206 e. The first kappa shape index (κ1) is 18.4. The van der Waals surface area contributed by atoms with Crippen molar-refractivity contribution in [2.75, 3.05) is 12.4 Å². The van der Waals surface area contributed by atoms with Gasteiger partial charge < -0.3 is 10.1 Å². The lowest BCUT2D eigenvalue weighted by Gasteiger charge is -2.08. The monoisotopic (exact) mass is 385 g/mol. The van der Waals surface area contributed by atoms with Gasteiger partial charge in [-0.3, -0.25) is 4.79 Å². The van der Waals surface area contributed by atoms with Crippen LogP contribution in [0.15, 0.2) is 58.9 Å². The normalized spacial score (nSPS) is 11.8. The lowest BCUT2D eigenvalue weighted by atomic mass is 10.1. The molecule has 3 rings (SSSR count). The number of ether oxygens (including phenoxy) is 1. The lowest BCUT2D eigenvalue weighted by molar-refractivity contribution is 0.0994. The number of nitrogens with one attached hydrogen (secondary N) is 1. The molecule has 1 N–H and O–H groups in total. The average molecular weight is 386 g/mol. The Morgan fingerprint density at radius 3 is 2.58 bits per heavy atom. The molecule has 0 aliphatic carbocycles. The molecule has 0 radical (unpaired) electrons. The van der Waals surface area contributed by atoms with Gasteiger partial charge in [0, 0.05) is 12.1 Å². The third kappa shape index (κ3) is 4.83. The van der Waals surface area contributed by atoms with Gasteiger partial charge in [-0.25, -0.2) is 0 Å². The van der Waals surface area contributed by atoms with Crippen molar-refractivity contribution in [1.29, 1.82) is 0 Å². The molecular formula is C19H19N3O2S2. The minimum absolute atomic E-state index is 0.0617. The van der Waals surface area contributed by atoms with Gasteiger partial charge in [0.05, 0.1) is 12.4 Å². The Labute approximate surface area is 160 Å². The van der Waals surface area contributed by atoms with Crippen LogP contribution in [0, 0.1) is 0 Å². The first-order valence-electron chi connectivity index (χ1n) is 8.12. The van der Waals surface area contributed by atoms with E-state index in [1.807, 2.05) is 25.1 Å².